The highest BCUT2D eigenvalue weighted by Crippen LogP contribution is 2.21. The minimum absolute atomic E-state index is 0.197. The lowest BCUT2D eigenvalue weighted by molar-refractivity contribution is 0.288. The number of aliphatic hydroxyl groups excluding tert-OH is 1. The standard InChI is InChI=1S/C12H22N4OS/c1-9(2)16(6-5-7-17)11-8-10(13-3)14-12(15-11)18-4/h8-9,17H,5-7H2,1-4H3,(H,13,14,15). The van der Waals surface area contributed by atoms with Gasteiger partial charge >= 0.3 is 0 Å². The zero-order chi connectivity index (χ0) is 13.5. The van der Waals surface area contributed by atoms with Gasteiger partial charge in [-0.1, -0.05) is 11.8 Å². The number of anilines is 2. The van der Waals surface area contributed by atoms with E-state index < -0.39 is 0 Å². The van der Waals surface area contributed by atoms with E-state index in [1.807, 2.05) is 19.4 Å². The first-order valence-electron chi connectivity index (χ1n) is 6.10. The van der Waals surface area contributed by atoms with Gasteiger partial charge < -0.3 is 15.3 Å². The van der Waals surface area contributed by atoms with Gasteiger partial charge in [0.2, 0.25) is 0 Å². The second kappa shape index (κ2) is 7.43. The van der Waals surface area contributed by atoms with E-state index in [0.717, 1.165) is 29.8 Å². The Bertz CT molecular complexity index is 351. The Kier molecular flexibility index (Phi) is 6.21. The molecule has 2 N–H and O–H groups in total. The molecule has 0 aliphatic heterocycles. The van der Waals surface area contributed by atoms with Crippen LogP contribution in [-0.4, -0.2) is 47.6 Å². The number of thioether (sulfide) groups is 1. The molecule has 0 aliphatic rings. The van der Waals surface area contributed by atoms with Gasteiger partial charge in [0, 0.05) is 32.3 Å². The maximum atomic E-state index is 8.97. The molecule has 18 heavy (non-hydrogen) atoms. The van der Waals surface area contributed by atoms with Gasteiger partial charge in [-0.25, -0.2) is 9.97 Å². The van der Waals surface area contributed by atoms with E-state index in [0.29, 0.717) is 6.04 Å². The van der Waals surface area contributed by atoms with E-state index in [4.69, 9.17) is 5.11 Å². The van der Waals surface area contributed by atoms with Crippen molar-refractivity contribution in [3.63, 3.8) is 0 Å². The minimum atomic E-state index is 0.197. The first kappa shape index (κ1) is 15.0. The van der Waals surface area contributed by atoms with Crippen molar-refractivity contribution in [1.29, 1.82) is 0 Å². The molecule has 1 aromatic heterocycles. The van der Waals surface area contributed by atoms with Gasteiger partial charge in [-0.2, -0.15) is 0 Å². The molecule has 1 heterocycles. The number of nitrogens with one attached hydrogen (secondary N) is 1. The lowest BCUT2D eigenvalue weighted by Crippen LogP contribution is -2.33. The Labute approximate surface area is 113 Å². The van der Waals surface area contributed by atoms with Crippen LogP contribution in [0, 0.1) is 0 Å². The lowest BCUT2D eigenvalue weighted by Gasteiger charge is -2.28. The summed E-state index contributed by atoms with van der Waals surface area (Å²) >= 11 is 1.53. The summed E-state index contributed by atoms with van der Waals surface area (Å²) in [7, 11) is 1.85. The van der Waals surface area contributed by atoms with Crippen molar-refractivity contribution in [2.24, 2.45) is 0 Å². The van der Waals surface area contributed by atoms with Gasteiger partial charge in [-0.3, -0.25) is 0 Å². The smallest absolute Gasteiger partial charge is 0.191 e. The van der Waals surface area contributed by atoms with E-state index >= 15 is 0 Å². The van der Waals surface area contributed by atoms with E-state index in [1.165, 1.54) is 11.8 Å². The highest BCUT2D eigenvalue weighted by atomic mass is 32.2. The largest absolute Gasteiger partial charge is 0.396 e. The fourth-order valence-corrected chi connectivity index (χ4v) is 2.03. The van der Waals surface area contributed by atoms with Crippen LogP contribution in [0.2, 0.25) is 0 Å². The summed E-state index contributed by atoms with van der Waals surface area (Å²) < 4.78 is 0. The summed E-state index contributed by atoms with van der Waals surface area (Å²) in [6.07, 6.45) is 2.71. The van der Waals surface area contributed by atoms with Crippen molar-refractivity contribution in [2.45, 2.75) is 31.5 Å². The van der Waals surface area contributed by atoms with Gasteiger partial charge in [0.1, 0.15) is 11.6 Å². The van der Waals surface area contributed by atoms with Crippen molar-refractivity contribution < 1.29 is 5.11 Å². The number of rotatable bonds is 7. The first-order valence-corrected chi connectivity index (χ1v) is 7.33. The molecule has 0 unspecified atom stereocenters. The molecule has 6 heteroatoms. The van der Waals surface area contributed by atoms with Crippen molar-refractivity contribution in [2.75, 3.05) is 36.7 Å². The van der Waals surface area contributed by atoms with Crippen LogP contribution < -0.4 is 10.2 Å². The molecular weight excluding hydrogens is 248 g/mol. The molecule has 0 atom stereocenters. The summed E-state index contributed by atoms with van der Waals surface area (Å²) in [6, 6.07) is 2.28. The maximum absolute atomic E-state index is 8.97. The molecule has 1 aromatic rings. The highest BCUT2D eigenvalue weighted by molar-refractivity contribution is 7.98. The second-order valence-corrected chi connectivity index (χ2v) is 4.99. The third-order valence-electron chi connectivity index (χ3n) is 2.61. The van der Waals surface area contributed by atoms with Gasteiger partial charge in [0.25, 0.3) is 0 Å². The number of nitrogens with zero attached hydrogens (tertiary/aromatic N) is 3. The third kappa shape index (κ3) is 4.03. The van der Waals surface area contributed by atoms with E-state index in [-0.39, 0.29) is 6.61 Å². The number of hydrogen-bond donors (Lipinski definition) is 2. The molecule has 0 radical (unpaired) electrons. The first-order chi connectivity index (χ1) is 8.62. The predicted octanol–water partition coefficient (Wildman–Crippen LogP) is 1.84. The highest BCUT2D eigenvalue weighted by Gasteiger charge is 2.14. The molecule has 0 saturated carbocycles. The van der Waals surface area contributed by atoms with Gasteiger partial charge in [0.15, 0.2) is 5.16 Å². The Balaban J connectivity index is 3.02. The Morgan fingerprint density at radius 1 is 1.44 bits per heavy atom. The van der Waals surface area contributed by atoms with Crippen molar-refractivity contribution >= 4 is 23.4 Å². The van der Waals surface area contributed by atoms with Crippen LogP contribution in [0.5, 0.6) is 0 Å². The van der Waals surface area contributed by atoms with Gasteiger partial charge in [0.05, 0.1) is 0 Å². The average Bonchev–Trinajstić information content (AvgIpc) is 2.38. The number of hydrogen-bond acceptors (Lipinski definition) is 6. The fraction of sp³-hybridized carbons (Fsp3) is 0.667. The third-order valence-corrected chi connectivity index (χ3v) is 3.15. The monoisotopic (exact) mass is 270 g/mol. The topological polar surface area (TPSA) is 61.3 Å². The van der Waals surface area contributed by atoms with Crippen molar-refractivity contribution in [3.05, 3.63) is 6.07 Å². The molecule has 0 bridgehead atoms. The lowest BCUT2D eigenvalue weighted by atomic mass is 10.3. The molecule has 102 valence electrons. The summed E-state index contributed by atoms with van der Waals surface area (Å²) in [6.45, 7) is 5.24. The van der Waals surface area contributed by atoms with Crippen molar-refractivity contribution in [3.8, 4) is 0 Å². The van der Waals surface area contributed by atoms with Crippen molar-refractivity contribution in [1.82, 2.24) is 9.97 Å². The minimum Gasteiger partial charge on any atom is -0.396 e. The predicted molar refractivity (Wildman–Crippen MR) is 77.5 cm³/mol. The molecular formula is C12H22N4OS. The van der Waals surface area contributed by atoms with Gasteiger partial charge in [-0.05, 0) is 26.5 Å². The number of aromatic nitrogens is 2. The fourth-order valence-electron chi connectivity index (χ4n) is 1.66. The zero-order valence-electron chi connectivity index (χ0n) is 11.5. The molecule has 0 fully saturated rings. The zero-order valence-corrected chi connectivity index (χ0v) is 12.3. The SMILES string of the molecule is CNc1cc(N(CCCO)C(C)C)nc(SC)n1. The summed E-state index contributed by atoms with van der Waals surface area (Å²) in [5.41, 5.74) is 0. The normalized spacial score (nSPS) is 10.8. The van der Waals surface area contributed by atoms with Crippen LogP contribution in [0.25, 0.3) is 0 Å². The van der Waals surface area contributed by atoms with Crippen LogP contribution in [0.3, 0.4) is 0 Å². The van der Waals surface area contributed by atoms with Crippen LogP contribution in [-0.2, 0) is 0 Å². The Hall–Kier alpha value is -1.01. The maximum Gasteiger partial charge on any atom is 0.191 e. The average molecular weight is 270 g/mol. The van der Waals surface area contributed by atoms with Crippen LogP contribution >= 0.6 is 11.8 Å². The quantitative estimate of drug-likeness (QED) is 0.582. The summed E-state index contributed by atoms with van der Waals surface area (Å²) in [4.78, 5) is 11.1. The Morgan fingerprint density at radius 3 is 2.67 bits per heavy atom. The van der Waals surface area contributed by atoms with Crippen LogP contribution in [0.4, 0.5) is 11.6 Å². The van der Waals surface area contributed by atoms with Crippen LogP contribution in [0.15, 0.2) is 11.2 Å². The summed E-state index contributed by atoms with van der Waals surface area (Å²) in [5.74, 6) is 1.72. The Morgan fingerprint density at radius 2 is 2.17 bits per heavy atom. The van der Waals surface area contributed by atoms with Crippen LogP contribution in [0.1, 0.15) is 20.3 Å². The molecule has 0 aliphatic carbocycles. The number of aliphatic hydroxyl groups is 1. The molecule has 0 spiro atoms. The van der Waals surface area contributed by atoms with E-state index in [2.05, 4.69) is 34.0 Å². The van der Waals surface area contributed by atoms with E-state index in [1.54, 1.807) is 0 Å². The van der Waals surface area contributed by atoms with E-state index in [9.17, 15) is 0 Å². The molecule has 0 saturated heterocycles. The molecule has 0 amide bonds. The van der Waals surface area contributed by atoms with Gasteiger partial charge in [-0.15, -0.1) is 0 Å². The molecule has 0 aromatic carbocycles. The second-order valence-electron chi connectivity index (χ2n) is 4.21. The molecule has 1 rings (SSSR count). The molecule has 5 nitrogen and oxygen atoms in total. The summed E-state index contributed by atoms with van der Waals surface area (Å²) in [5, 5.41) is 12.8.